The Morgan fingerprint density at radius 2 is 1.38 bits per heavy atom. The van der Waals surface area contributed by atoms with Crippen LogP contribution in [0, 0.1) is 0 Å². The summed E-state index contributed by atoms with van der Waals surface area (Å²) < 4.78 is 5.42. The molecule has 24 heavy (non-hydrogen) atoms. The molecular formula is C19H37NO4. The summed E-state index contributed by atoms with van der Waals surface area (Å²) in [5.41, 5.74) is -0.526. The average Bonchev–Trinajstić information content (AvgIpc) is 2.45. The second-order valence-corrected chi connectivity index (χ2v) is 7.44. The molecule has 0 aromatic carbocycles. The number of amides is 1. The van der Waals surface area contributed by atoms with Crippen LogP contribution in [0.25, 0.3) is 0 Å². The summed E-state index contributed by atoms with van der Waals surface area (Å²) in [5, 5.41) is 8.75. The number of hydrogen-bond acceptors (Lipinski definition) is 3. The van der Waals surface area contributed by atoms with Gasteiger partial charge in [-0.15, -0.1) is 0 Å². The van der Waals surface area contributed by atoms with Crippen molar-refractivity contribution in [1.29, 1.82) is 0 Å². The van der Waals surface area contributed by atoms with E-state index in [1.165, 1.54) is 38.5 Å². The molecule has 0 aliphatic rings. The number of aliphatic carboxylic acids is 1. The highest BCUT2D eigenvalue weighted by Crippen LogP contribution is 2.13. The normalized spacial score (nSPS) is 11.3. The van der Waals surface area contributed by atoms with Crippen molar-refractivity contribution in [3.05, 3.63) is 0 Å². The highest BCUT2D eigenvalue weighted by Gasteiger charge is 2.21. The number of carboxylic acid groups (broad SMARTS) is 1. The van der Waals surface area contributed by atoms with Gasteiger partial charge in [-0.3, -0.25) is 4.79 Å². The van der Waals surface area contributed by atoms with Crippen molar-refractivity contribution in [2.75, 3.05) is 13.1 Å². The lowest BCUT2D eigenvalue weighted by Gasteiger charge is -2.27. The number of hydrogen-bond donors (Lipinski definition) is 1. The average molecular weight is 344 g/mol. The second-order valence-electron chi connectivity index (χ2n) is 7.44. The van der Waals surface area contributed by atoms with E-state index in [0.29, 0.717) is 19.5 Å². The minimum Gasteiger partial charge on any atom is -0.481 e. The van der Waals surface area contributed by atoms with E-state index in [9.17, 15) is 9.59 Å². The van der Waals surface area contributed by atoms with Gasteiger partial charge in [0, 0.05) is 19.5 Å². The Bertz CT molecular complexity index is 350. The van der Waals surface area contributed by atoms with Crippen LogP contribution in [0.1, 0.15) is 91.9 Å². The fraction of sp³-hybridized carbons (Fsp3) is 0.895. The molecule has 0 aromatic rings. The molecule has 0 saturated heterocycles. The third-order valence-electron chi connectivity index (χ3n) is 3.75. The number of carboxylic acids is 1. The number of nitrogens with zero attached hydrogens (tertiary/aromatic N) is 1. The zero-order chi connectivity index (χ0) is 18.4. The van der Waals surface area contributed by atoms with E-state index in [-0.39, 0.29) is 12.5 Å². The SMILES string of the molecule is CCCCCCCCCCN(CCCC(=O)O)C(=O)OC(C)(C)C. The molecule has 0 bridgehead atoms. The van der Waals surface area contributed by atoms with Crippen LogP contribution in [-0.2, 0) is 9.53 Å². The van der Waals surface area contributed by atoms with Crippen molar-refractivity contribution in [3.63, 3.8) is 0 Å². The van der Waals surface area contributed by atoms with E-state index >= 15 is 0 Å². The van der Waals surface area contributed by atoms with Gasteiger partial charge >= 0.3 is 12.1 Å². The van der Waals surface area contributed by atoms with Crippen molar-refractivity contribution < 1.29 is 19.4 Å². The van der Waals surface area contributed by atoms with Gasteiger partial charge in [0.05, 0.1) is 0 Å². The fourth-order valence-electron chi connectivity index (χ4n) is 2.48. The van der Waals surface area contributed by atoms with Gasteiger partial charge in [0.2, 0.25) is 0 Å². The quantitative estimate of drug-likeness (QED) is 0.465. The largest absolute Gasteiger partial charge is 0.481 e. The van der Waals surface area contributed by atoms with E-state index in [1.54, 1.807) is 4.90 Å². The van der Waals surface area contributed by atoms with Gasteiger partial charge in [0.15, 0.2) is 0 Å². The first-order valence-electron chi connectivity index (χ1n) is 9.46. The monoisotopic (exact) mass is 343 g/mol. The maximum atomic E-state index is 12.2. The van der Waals surface area contributed by atoms with Crippen molar-refractivity contribution in [3.8, 4) is 0 Å². The van der Waals surface area contributed by atoms with Crippen LogP contribution in [-0.4, -0.2) is 40.8 Å². The van der Waals surface area contributed by atoms with Crippen molar-refractivity contribution >= 4 is 12.1 Å². The van der Waals surface area contributed by atoms with Crippen molar-refractivity contribution in [2.45, 2.75) is 97.5 Å². The Kier molecular flexibility index (Phi) is 12.4. The number of unbranched alkanes of at least 4 members (excludes halogenated alkanes) is 7. The molecule has 0 aliphatic carbocycles. The van der Waals surface area contributed by atoms with E-state index in [1.807, 2.05) is 20.8 Å². The lowest BCUT2D eigenvalue weighted by atomic mass is 10.1. The summed E-state index contributed by atoms with van der Waals surface area (Å²) in [5.74, 6) is -0.828. The molecule has 0 radical (unpaired) electrons. The van der Waals surface area contributed by atoms with Crippen LogP contribution >= 0.6 is 0 Å². The number of ether oxygens (including phenoxy) is 1. The van der Waals surface area contributed by atoms with Crippen LogP contribution in [0.15, 0.2) is 0 Å². The standard InChI is InChI=1S/C19H37NO4/c1-5-6-7-8-9-10-11-12-15-20(16-13-14-17(21)22)18(23)24-19(2,3)4/h5-16H2,1-4H3,(H,21,22). The summed E-state index contributed by atoms with van der Waals surface area (Å²) in [6, 6.07) is 0. The fourth-order valence-corrected chi connectivity index (χ4v) is 2.48. The Morgan fingerprint density at radius 3 is 1.88 bits per heavy atom. The molecule has 1 N–H and O–H groups in total. The minimum atomic E-state index is -0.828. The highest BCUT2D eigenvalue weighted by molar-refractivity contribution is 5.68. The number of carbonyl (C=O) groups excluding carboxylic acids is 1. The zero-order valence-corrected chi connectivity index (χ0v) is 16.1. The molecular weight excluding hydrogens is 306 g/mol. The van der Waals surface area contributed by atoms with Crippen molar-refractivity contribution in [1.82, 2.24) is 4.90 Å². The third-order valence-corrected chi connectivity index (χ3v) is 3.75. The summed E-state index contributed by atoms with van der Waals surface area (Å²) in [6.07, 6.45) is 9.89. The molecule has 1 amide bonds. The Labute approximate surface area is 147 Å². The maximum Gasteiger partial charge on any atom is 0.410 e. The lowest BCUT2D eigenvalue weighted by molar-refractivity contribution is -0.137. The minimum absolute atomic E-state index is 0.0801. The summed E-state index contributed by atoms with van der Waals surface area (Å²) in [4.78, 5) is 24.5. The molecule has 0 spiro atoms. The molecule has 0 aliphatic heterocycles. The predicted octanol–water partition coefficient (Wildman–Crippen LogP) is 5.23. The topological polar surface area (TPSA) is 66.8 Å². The van der Waals surface area contributed by atoms with E-state index < -0.39 is 11.6 Å². The van der Waals surface area contributed by atoms with Gasteiger partial charge in [0.25, 0.3) is 0 Å². The molecule has 0 heterocycles. The van der Waals surface area contributed by atoms with E-state index in [4.69, 9.17) is 9.84 Å². The molecule has 0 atom stereocenters. The molecule has 0 aromatic heterocycles. The van der Waals surface area contributed by atoms with Crippen LogP contribution in [0.3, 0.4) is 0 Å². The predicted molar refractivity (Wildman–Crippen MR) is 97.3 cm³/mol. The molecule has 142 valence electrons. The molecule has 0 saturated carbocycles. The zero-order valence-electron chi connectivity index (χ0n) is 16.1. The first kappa shape index (κ1) is 22.7. The van der Waals surface area contributed by atoms with Gasteiger partial charge in [0.1, 0.15) is 5.60 Å². The van der Waals surface area contributed by atoms with Crippen LogP contribution in [0.4, 0.5) is 4.79 Å². The van der Waals surface area contributed by atoms with E-state index in [2.05, 4.69) is 6.92 Å². The summed E-state index contributed by atoms with van der Waals surface area (Å²) >= 11 is 0. The molecule has 0 rings (SSSR count). The van der Waals surface area contributed by atoms with Gasteiger partial charge in [-0.05, 0) is 33.6 Å². The second kappa shape index (κ2) is 13.1. The first-order chi connectivity index (χ1) is 11.3. The molecule has 5 nitrogen and oxygen atoms in total. The first-order valence-corrected chi connectivity index (χ1v) is 9.46. The number of carbonyl (C=O) groups is 2. The molecule has 0 fully saturated rings. The van der Waals surface area contributed by atoms with Crippen molar-refractivity contribution in [2.24, 2.45) is 0 Å². The summed E-state index contributed by atoms with van der Waals surface area (Å²) in [7, 11) is 0. The van der Waals surface area contributed by atoms with Crippen LogP contribution in [0.5, 0.6) is 0 Å². The van der Waals surface area contributed by atoms with E-state index in [0.717, 1.165) is 12.8 Å². The smallest absolute Gasteiger partial charge is 0.410 e. The van der Waals surface area contributed by atoms with Gasteiger partial charge < -0.3 is 14.7 Å². The third kappa shape index (κ3) is 14.3. The van der Waals surface area contributed by atoms with Gasteiger partial charge in [-0.2, -0.15) is 0 Å². The Morgan fingerprint density at radius 1 is 0.875 bits per heavy atom. The summed E-state index contributed by atoms with van der Waals surface area (Å²) in [6.45, 7) is 8.83. The lowest BCUT2D eigenvalue weighted by Crippen LogP contribution is -2.38. The highest BCUT2D eigenvalue weighted by atomic mass is 16.6. The van der Waals surface area contributed by atoms with Crippen LogP contribution in [0.2, 0.25) is 0 Å². The van der Waals surface area contributed by atoms with Gasteiger partial charge in [-0.25, -0.2) is 4.79 Å². The Balaban J connectivity index is 4.10. The maximum absolute atomic E-state index is 12.2. The number of rotatable bonds is 13. The molecule has 5 heteroatoms. The van der Waals surface area contributed by atoms with Gasteiger partial charge in [-0.1, -0.05) is 51.9 Å². The Hall–Kier alpha value is -1.26. The molecule has 0 unspecified atom stereocenters. The van der Waals surface area contributed by atoms with Crippen LogP contribution < -0.4 is 0 Å².